The number of piperidine rings is 1. The molecule has 104 valence electrons. The largest absolute Gasteiger partial charge is 0.357 e. The molecule has 2 fully saturated rings. The standard InChI is InChI=1S/C16H25N3/c1-2-15(13-6-7-13)18-14-8-11-19(12-9-14)16-5-3-4-10-17-16/h3-5,10,13-15,18H,2,6-9,11-12H2,1H3. The van der Waals surface area contributed by atoms with Gasteiger partial charge in [0.1, 0.15) is 5.82 Å². The Bertz CT molecular complexity index is 380. The molecule has 1 saturated carbocycles. The van der Waals surface area contributed by atoms with Crippen LogP contribution in [0.3, 0.4) is 0 Å². The van der Waals surface area contributed by atoms with Crippen molar-refractivity contribution in [3.05, 3.63) is 24.4 Å². The third-order valence-electron chi connectivity index (χ3n) is 4.55. The lowest BCUT2D eigenvalue weighted by molar-refractivity contribution is 0.338. The Morgan fingerprint density at radius 3 is 2.63 bits per heavy atom. The van der Waals surface area contributed by atoms with Crippen LogP contribution in [0.1, 0.15) is 39.0 Å². The minimum atomic E-state index is 0.713. The Kier molecular flexibility index (Phi) is 4.02. The van der Waals surface area contributed by atoms with Crippen molar-refractivity contribution in [2.75, 3.05) is 18.0 Å². The summed E-state index contributed by atoms with van der Waals surface area (Å²) in [6.07, 6.45) is 8.56. The van der Waals surface area contributed by atoms with E-state index in [1.54, 1.807) is 0 Å². The van der Waals surface area contributed by atoms with E-state index < -0.39 is 0 Å². The smallest absolute Gasteiger partial charge is 0.128 e. The van der Waals surface area contributed by atoms with E-state index >= 15 is 0 Å². The summed E-state index contributed by atoms with van der Waals surface area (Å²) in [5, 5.41) is 3.89. The molecule has 0 amide bonds. The van der Waals surface area contributed by atoms with Gasteiger partial charge in [0, 0.05) is 31.4 Å². The highest BCUT2D eigenvalue weighted by atomic mass is 15.2. The first-order chi connectivity index (χ1) is 9.36. The molecule has 0 spiro atoms. The normalized spacial score (nSPS) is 22.5. The SMILES string of the molecule is CCC(NC1CCN(c2ccccn2)CC1)C1CC1. The number of nitrogens with one attached hydrogen (secondary N) is 1. The maximum atomic E-state index is 4.45. The zero-order chi connectivity index (χ0) is 13.1. The van der Waals surface area contributed by atoms with Crippen molar-refractivity contribution in [3.8, 4) is 0 Å². The van der Waals surface area contributed by atoms with E-state index in [0.717, 1.165) is 30.9 Å². The monoisotopic (exact) mass is 259 g/mol. The number of hydrogen-bond donors (Lipinski definition) is 1. The Morgan fingerprint density at radius 2 is 2.05 bits per heavy atom. The first-order valence-electron chi connectivity index (χ1n) is 7.79. The highest BCUT2D eigenvalue weighted by molar-refractivity contribution is 5.38. The van der Waals surface area contributed by atoms with Gasteiger partial charge in [0.25, 0.3) is 0 Å². The summed E-state index contributed by atoms with van der Waals surface area (Å²) in [5.74, 6) is 2.11. The topological polar surface area (TPSA) is 28.2 Å². The highest BCUT2D eigenvalue weighted by Crippen LogP contribution is 2.34. The second-order valence-electron chi connectivity index (χ2n) is 5.97. The fourth-order valence-corrected chi connectivity index (χ4v) is 3.20. The van der Waals surface area contributed by atoms with Crippen molar-refractivity contribution in [3.63, 3.8) is 0 Å². The fraction of sp³-hybridized carbons (Fsp3) is 0.688. The summed E-state index contributed by atoms with van der Waals surface area (Å²) >= 11 is 0. The van der Waals surface area contributed by atoms with Crippen LogP contribution in [-0.2, 0) is 0 Å². The maximum Gasteiger partial charge on any atom is 0.128 e. The van der Waals surface area contributed by atoms with Gasteiger partial charge in [-0.1, -0.05) is 13.0 Å². The number of aromatic nitrogens is 1. The van der Waals surface area contributed by atoms with Crippen LogP contribution in [0.15, 0.2) is 24.4 Å². The quantitative estimate of drug-likeness (QED) is 0.881. The van der Waals surface area contributed by atoms with Crippen LogP contribution in [0.4, 0.5) is 5.82 Å². The molecule has 0 aromatic carbocycles. The number of pyridine rings is 1. The minimum absolute atomic E-state index is 0.713. The van der Waals surface area contributed by atoms with E-state index in [2.05, 4.69) is 34.3 Å². The summed E-state index contributed by atoms with van der Waals surface area (Å²) in [4.78, 5) is 6.86. The lowest BCUT2D eigenvalue weighted by atomic mass is 10.0. The van der Waals surface area contributed by atoms with Gasteiger partial charge in [-0.2, -0.15) is 0 Å². The van der Waals surface area contributed by atoms with Crippen LogP contribution >= 0.6 is 0 Å². The molecule has 2 heterocycles. The Morgan fingerprint density at radius 1 is 1.26 bits per heavy atom. The molecule has 1 saturated heterocycles. The van der Waals surface area contributed by atoms with Gasteiger partial charge in [-0.3, -0.25) is 0 Å². The van der Waals surface area contributed by atoms with Gasteiger partial charge in [0.05, 0.1) is 0 Å². The second-order valence-corrected chi connectivity index (χ2v) is 5.97. The van der Waals surface area contributed by atoms with Gasteiger partial charge in [0.2, 0.25) is 0 Å². The summed E-state index contributed by atoms with van der Waals surface area (Å²) in [6, 6.07) is 7.66. The molecule has 1 N–H and O–H groups in total. The minimum Gasteiger partial charge on any atom is -0.357 e. The van der Waals surface area contributed by atoms with Crippen LogP contribution in [0, 0.1) is 5.92 Å². The molecule has 1 aromatic rings. The van der Waals surface area contributed by atoms with Crippen molar-refractivity contribution >= 4 is 5.82 Å². The Labute approximate surface area is 116 Å². The first-order valence-corrected chi connectivity index (χ1v) is 7.79. The molecular formula is C16H25N3. The molecule has 3 heteroatoms. The van der Waals surface area contributed by atoms with Crippen molar-refractivity contribution in [1.82, 2.24) is 10.3 Å². The van der Waals surface area contributed by atoms with Gasteiger partial charge in [-0.05, 0) is 50.2 Å². The van der Waals surface area contributed by atoms with Gasteiger partial charge < -0.3 is 10.2 Å². The van der Waals surface area contributed by atoms with Gasteiger partial charge in [-0.25, -0.2) is 4.98 Å². The fourth-order valence-electron chi connectivity index (χ4n) is 3.20. The third-order valence-corrected chi connectivity index (χ3v) is 4.55. The van der Waals surface area contributed by atoms with Gasteiger partial charge in [0.15, 0.2) is 0 Å². The molecule has 0 bridgehead atoms. The zero-order valence-corrected chi connectivity index (χ0v) is 11.9. The zero-order valence-electron chi connectivity index (χ0n) is 11.9. The predicted octanol–water partition coefficient (Wildman–Crippen LogP) is 2.83. The lowest BCUT2D eigenvalue weighted by Crippen LogP contribution is -2.47. The molecule has 3 rings (SSSR count). The van der Waals surface area contributed by atoms with E-state index in [0.29, 0.717) is 6.04 Å². The average molecular weight is 259 g/mol. The van der Waals surface area contributed by atoms with Crippen LogP contribution in [0.2, 0.25) is 0 Å². The van der Waals surface area contributed by atoms with Crippen LogP contribution in [0.25, 0.3) is 0 Å². The summed E-state index contributed by atoms with van der Waals surface area (Å²) in [7, 11) is 0. The lowest BCUT2D eigenvalue weighted by Gasteiger charge is -2.35. The first kappa shape index (κ1) is 12.9. The Hall–Kier alpha value is -1.09. The van der Waals surface area contributed by atoms with E-state index in [9.17, 15) is 0 Å². The summed E-state index contributed by atoms with van der Waals surface area (Å²) in [6.45, 7) is 4.59. The molecule has 0 radical (unpaired) electrons. The number of rotatable bonds is 5. The number of anilines is 1. The van der Waals surface area contributed by atoms with E-state index in [4.69, 9.17) is 0 Å². The molecule has 1 aromatic heterocycles. The Balaban J connectivity index is 1.49. The molecule has 1 aliphatic heterocycles. The van der Waals surface area contributed by atoms with Crippen molar-refractivity contribution < 1.29 is 0 Å². The second kappa shape index (κ2) is 5.91. The molecule has 1 unspecified atom stereocenters. The van der Waals surface area contributed by atoms with E-state index in [-0.39, 0.29) is 0 Å². The van der Waals surface area contributed by atoms with Crippen molar-refractivity contribution in [2.24, 2.45) is 5.92 Å². The third kappa shape index (κ3) is 3.27. The van der Waals surface area contributed by atoms with Crippen molar-refractivity contribution in [1.29, 1.82) is 0 Å². The van der Waals surface area contributed by atoms with Crippen LogP contribution in [-0.4, -0.2) is 30.2 Å². The van der Waals surface area contributed by atoms with Crippen LogP contribution < -0.4 is 10.2 Å². The van der Waals surface area contributed by atoms with Gasteiger partial charge in [-0.15, -0.1) is 0 Å². The van der Waals surface area contributed by atoms with Gasteiger partial charge >= 0.3 is 0 Å². The summed E-state index contributed by atoms with van der Waals surface area (Å²) < 4.78 is 0. The highest BCUT2D eigenvalue weighted by Gasteiger charge is 2.32. The maximum absolute atomic E-state index is 4.45. The molecule has 2 aliphatic rings. The molecular weight excluding hydrogens is 234 g/mol. The van der Waals surface area contributed by atoms with E-state index in [1.807, 2.05) is 12.3 Å². The predicted molar refractivity (Wildman–Crippen MR) is 79.4 cm³/mol. The number of nitrogens with zero attached hydrogens (tertiary/aromatic N) is 2. The molecule has 19 heavy (non-hydrogen) atoms. The molecule has 3 nitrogen and oxygen atoms in total. The molecule has 1 aliphatic carbocycles. The summed E-state index contributed by atoms with van der Waals surface area (Å²) in [5.41, 5.74) is 0. The number of hydrogen-bond acceptors (Lipinski definition) is 3. The average Bonchev–Trinajstić information content (AvgIpc) is 3.31. The van der Waals surface area contributed by atoms with Crippen LogP contribution in [0.5, 0.6) is 0 Å². The van der Waals surface area contributed by atoms with Crippen molar-refractivity contribution in [2.45, 2.75) is 51.1 Å². The molecule has 1 atom stereocenters. The van der Waals surface area contributed by atoms with E-state index in [1.165, 1.54) is 32.1 Å².